The number of aliphatic carboxylic acids is 1. The van der Waals surface area contributed by atoms with E-state index in [2.05, 4.69) is 45.6 Å². The number of amides is 3. The van der Waals surface area contributed by atoms with Crippen molar-refractivity contribution in [1.82, 2.24) is 30.2 Å². The minimum Gasteiger partial charge on any atom is -0.481 e. The number of carboxylic acids is 1. The SMILES string of the molecule is CC1(CC(=O)O)CC1.NC1(CC(=O)N2CC3(C2)C(=O)N(Cc2ncc4ccccc4c2-c2cccnc2)c2ccccc23)CC1.O=C1N(Cc2ncc3ccccc3c2-c2cccnc2)c2ccccc2C12CNC2. The third-order valence-corrected chi connectivity index (χ3v) is 16.2. The Hall–Kier alpha value is -8.20. The largest absolute Gasteiger partial charge is 0.481 e. The highest BCUT2D eigenvalue weighted by molar-refractivity contribution is 6.11. The number of hydrogen-bond acceptors (Lipinski definition) is 10. The summed E-state index contributed by atoms with van der Waals surface area (Å²) >= 11 is 0. The first-order valence-electron chi connectivity index (χ1n) is 25.7. The molecule has 6 aliphatic rings. The maximum atomic E-state index is 14.1. The van der Waals surface area contributed by atoms with E-state index in [1.165, 1.54) is 0 Å². The van der Waals surface area contributed by atoms with Gasteiger partial charge >= 0.3 is 5.97 Å². The number of anilines is 2. The quantitative estimate of drug-likeness (QED) is 0.119. The number of nitrogens with two attached hydrogens (primary N) is 1. The molecule has 376 valence electrons. The van der Waals surface area contributed by atoms with E-state index in [-0.39, 0.29) is 28.7 Å². The summed E-state index contributed by atoms with van der Waals surface area (Å²) in [4.78, 5) is 74.3. The van der Waals surface area contributed by atoms with Gasteiger partial charge in [-0.1, -0.05) is 104 Å². The normalized spacial score (nSPS) is 18.3. The van der Waals surface area contributed by atoms with Gasteiger partial charge in [-0.15, -0.1) is 0 Å². The molecule has 4 aliphatic heterocycles. The summed E-state index contributed by atoms with van der Waals surface area (Å²) in [6, 6.07) is 40.4. The summed E-state index contributed by atoms with van der Waals surface area (Å²) in [6.07, 6.45) is 15.7. The molecule has 2 saturated carbocycles. The molecule has 2 aliphatic carbocycles. The highest BCUT2D eigenvalue weighted by atomic mass is 16.4. The Morgan fingerprint density at radius 3 is 1.52 bits per heavy atom. The number of nitrogens with one attached hydrogen (secondary N) is 1. The molecule has 4 aromatic heterocycles. The van der Waals surface area contributed by atoms with Crippen molar-refractivity contribution in [3.63, 3.8) is 0 Å². The van der Waals surface area contributed by atoms with Gasteiger partial charge in [0, 0.05) is 120 Å². The van der Waals surface area contributed by atoms with E-state index in [1.807, 2.05) is 133 Å². The topological polar surface area (TPSA) is 188 Å². The number of benzene rings is 4. The second kappa shape index (κ2) is 18.6. The van der Waals surface area contributed by atoms with Crippen LogP contribution in [-0.2, 0) is 43.1 Å². The van der Waals surface area contributed by atoms with Crippen molar-refractivity contribution >= 4 is 56.6 Å². The lowest BCUT2D eigenvalue weighted by molar-refractivity contribution is -0.144. The van der Waals surface area contributed by atoms with Gasteiger partial charge in [-0.05, 0) is 77.3 Å². The van der Waals surface area contributed by atoms with Gasteiger partial charge in [-0.3, -0.25) is 39.1 Å². The fraction of sp³-hybridized carbons (Fsp3) is 0.279. The number of carbonyl (C=O) groups excluding carboxylic acids is 3. The number of pyridine rings is 4. The van der Waals surface area contributed by atoms with Crippen LogP contribution in [0.5, 0.6) is 0 Å². The Morgan fingerprint density at radius 2 is 1.08 bits per heavy atom. The monoisotopic (exact) mass is 995 g/mol. The van der Waals surface area contributed by atoms with Gasteiger partial charge in [-0.2, -0.15) is 0 Å². The van der Waals surface area contributed by atoms with Gasteiger partial charge in [0.15, 0.2) is 0 Å². The number of rotatable bonds is 10. The zero-order chi connectivity index (χ0) is 51.5. The van der Waals surface area contributed by atoms with Crippen molar-refractivity contribution in [2.24, 2.45) is 11.1 Å². The molecule has 0 bridgehead atoms. The molecule has 4 aromatic carbocycles. The van der Waals surface area contributed by atoms with E-state index >= 15 is 0 Å². The third kappa shape index (κ3) is 8.67. The Balaban J connectivity index is 0.000000134. The Bertz CT molecular complexity index is 3550. The summed E-state index contributed by atoms with van der Waals surface area (Å²) in [6.45, 7) is 4.98. The zero-order valence-electron chi connectivity index (χ0n) is 41.8. The molecule has 14 nitrogen and oxygen atoms in total. The first-order chi connectivity index (χ1) is 36.4. The summed E-state index contributed by atoms with van der Waals surface area (Å²) < 4.78 is 0. The van der Waals surface area contributed by atoms with E-state index in [9.17, 15) is 19.2 Å². The summed E-state index contributed by atoms with van der Waals surface area (Å²) in [5.41, 5.74) is 14.6. The van der Waals surface area contributed by atoms with E-state index < -0.39 is 16.8 Å². The predicted molar refractivity (Wildman–Crippen MR) is 288 cm³/mol. The van der Waals surface area contributed by atoms with Crippen LogP contribution >= 0.6 is 0 Å². The van der Waals surface area contributed by atoms with Crippen LogP contribution in [0.25, 0.3) is 43.8 Å². The predicted octanol–water partition coefficient (Wildman–Crippen LogP) is 8.75. The molecular formula is C61H57N9O5. The van der Waals surface area contributed by atoms with Crippen LogP contribution in [0, 0.1) is 5.41 Å². The number of carboxylic acid groups (broad SMARTS) is 1. The van der Waals surface area contributed by atoms with Crippen LogP contribution in [-0.4, -0.2) is 85.4 Å². The zero-order valence-corrected chi connectivity index (χ0v) is 41.8. The summed E-state index contributed by atoms with van der Waals surface area (Å²) in [5, 5.41) is 15.9. The van der Waals surface area contributed by atoms with Crippen molar-refractivity contribution in [2.75, 3.05) is 36.0 Å². The minimum atomic E-state index is -0.705. The third-order valence-electron chi connectivity index (χ3n) is 16.2. The van der Waals surface area contributed by atoms with Gasteiger partial charge < -0.3 is 30.9 Å². The molecule has 0 radical (unpaired) electrons. The molecule has 0 atom stereocenters. The Kier molecular flexibility index (Phi) is 11.9. The second-order valence-electron chi connectivity index (χ2n) is 21.6. The van der Waals surface area contributed by atoms with E-state index in [4.69, 9.17) is 20.8 Å². The molecule has 8 aromatic rings. The van der Waals surface area contributed by atoms with E-state index in [1.54, 1.807) is 17.3 Å². The average molecular weight is 996 g/mol. The van der Waals surface area contributed by atoms with Crippen LogP contribution in [0.1, 0.15) is 68.0 Å². The molecule has 2 saturated heterocycles. The highest BCUT2D eigenvalue weighted by Gasteiger charge is 2.60. The number of nitrogens with zero attached hydrogens (tertiary/aromatic N) is 7. The van der Waals surface area contributed by atoms with E-state index in [0.29, 0.717) is 52.1 Å². The summed E-state index contributed by atoms with van der Waals surface area (Å²) in [5.74, 6) is -0.428. The van der Waals surface area contributed by atoms with Crippen molar-refractivity contribution in [1.29, 1.82) is 0 Å². The number of aromatic nitrogens is 4. The fourth-order valence-corrected chi connectivity index (χ4v) is 11.4. The van der Waals surface area contributed by atoms with Crippen LogP contribution < -0.4 is 20.9 Å². The molecule has 2 spiro atoms. The number of hydrogen-bond donors (Lipinski definition) is 3. The standard InChI is InChI=1S/C30H27N5O2.C25H20N4O.C6H10O2/c31-29(11-12-29)14-26(36)34-18-30(19-34)23-9-3-4-10-25(23)35(28(30)37)17-24-27(21-7-5-13-32-15-21)22-8-2-1-6-20(22)16-33-24;30-24-25(15-27-16-25)20-9-3-4-10-22(20)29(24)14-21-23(18-7-5-11-26-12-18)19-8-2-1-6-17(19)13-28-21;1-6(2-3-6)4-5(7)8/h1-10,13,15-16H,11-12,14,17-19,31H2;1-13,27H,14-16H2;2-4H2,1H3,(H,7,8). The molecule has 4 fully saturated rings. The smallest absolute Gasteiger partial charge is 0.303 e. The molecule has 3 amide bonds. The van der Waals surface area contributed by atoms with Crippen molar-refractivity contribution in [3.05, 3.63) is 181 Å². The second-order valence-corrected chi connectivity index (χ2v) is 21.6. The number of fused-ring (bicyclic) bond motifs is 6. The van der Waals surface area contributed by atoms with Gasteiger partial charge in [0.1, 0.15) is 10.8 Å². The number of likely N-dealkylation sites (tertiary alicyclic amines) is 1. The maximum Gasteiger partial charge on any atom is 0.303 e. The van der Waals surface area contributed by atoms with Crippen molar-refractivity contribution in [3.8, 4) is 22.3 Å². The van der Waals surface area contributed by atoms with Crippen molar-refractivity contribution in [2.45, 2.75) is 74.9 Å². The van der Waals surface area contributed by atoms with Gasteiger partial charge in [0.05, 0.1) is 30.9 Å². The molecule has 14 heteroatoms. The van der Waals surface area contributed by atoms with Crippen LogP contribution in [0.15, 0.2) is 159 Å². The lowest BCUT2D eigenvalue weighted by Crippen LogP contribution is -2.65. The average Bonchev–Trinajstić information content (AvgIpc) is 4.32. The molecule has 4 N–H and O–H groups in total. The Labute approximate surface area is 434 Å². The molecular weight excluding hydrogens is 939 g/mol. The molecule has 8 heterocycles. The van der Waals surface area contributed by atoms with Crippen LogP contribution in [0.4, 0.5) is 11.4 Å². The Morgan fingerprint density at radius 1 is 0.600 bits per heavy atom. The fourth-order valence-electron chi connectivity index (χ4n) is 11.4. The van der Waals surface area contributed by atoms with Crippen molar-refractivity contribution < 1.29 is 24.3 Å². The van der Waals surface area contributed by atoms with Crippen LogP contribution in [0.2, 0.25) is 0 Å². The lowest BCUT2D eigenvalue weighted by atomic mass is 9.74. The summed E-state index contributed by atoms with van der Waals surface area (Å²) in [7, 11) is 0. The lowest BCUT2D eigenvalue weighted by Gasteiger charge is -2.47. The van der Waals surface area contributed by atoms with Gasteiger partial charge in [-0.25, -0.2) is 0 Å². The minimum absolute atomic E-state index is 0.0266. The first kappa shape index (κ1) is 47.8. The molecule has 75 heavy (non-hydrogen) atoms. The van der Waals surface area contributed by atoms with Gasteiger partial charge in [0.25, 0.3) is 0 Å². The number of para-hydroxylation sites is 2. The highest BCUT2D eigenvalue weighted by Crippen LogP contribution is 2.50. The molecule has 14 rings (SSSR count). The first-order valence-corrected chi connectivity index (χ1v) is 25.7. The van der Waals surface area contributed by atoms with E-state index in [0.717, 1.165) is 103 Å². The number of carbonyl (C=O) groups is 4. The maximum absolute atomic E-state index is 14.1. The van der Waals surface area contributed by atoms with Crippen LogP contribution in [0.3, 0.4) is 0 Å². The van der Waals surface area contributed by atoms with Gasteiger partial charge in [0.2, 0.25) is 17.7 Å². The molecule has 0 unspecified atom stereocenters.